The number of amides is 1. The first-order valence-corrected chi connectivity index (χ1v) is 32.2. The van der Waals surface area contributed by atoms with Crippen LogP contribution in [0.1, 0.15) is 75.9 Å². The molecule has 2 aliphatic rings. The van der Waals surface area contributed by atoms with Crippen molar-refractivity contribution in [2.24, 2.45) is 11.3 Å². The number of ether oxygens (including phenoxy) is 2. The van der Waals surface area contributed by atoms with Crippen molar-refractivity contribution < 1.29 is 63.2 Å². The summed E-state index contributed by atoms with van der Waals surface area (Å²) in [6.07, 6.45) is -0.508. The molecule has 7 rings (SSSR count). The molecule has 0 saturated carbocycles. The maximum absolute atomic E-state index is 14.5. The number of phosphoric acid groups is 1. The average Bonchev–Trinajstić information content (AvgIpc) is 3.59. The van der Waals surface area contributed by atoms with Crippen molar-refractivity contribution in [3.8, 4) is 11.1 Å². The van der Waals surface area contributed by atoms with E-state index in [9.17, 15) is 49.2 Å². The highest BCUT2D eigenvalue weighted by molar-refractivity contribution is 7.99. The molecule has 2 heterocycles. The van der Waals surface area contributed by atoms with Gasteiger partial charge < -0.3 is 34.4 Å². The van der Waals surface area contributed by atoms with Gasteiger partial charge in [-0.05, 0) is 122 Å². The number of hydrogen-bond acceptors (Lipinski definition) is 14. The molecule has 3 unspecified atom stereocenters. The van der Waals surface area contributed by atoms with E-state index in [1.807, 2.05) is 71.5 Å². The molecule has 1 amide bonds. The number of sulfone groups is 1. The van der Waals surface area contributed by atoms with Gasteiger partial charge in [0.15, 0.2) is 6.29 Å². The lowest BCUT2D eigenvalue weighted by molar-refractivity contribution is -0.194. The lowest BCUT2D eigenvalue weighted by Crippen LogP contribution is -2.52. The first-order chi connectivity index (χ1) is 37.8. The minimum absolute atomic E-state index is 0.0581. The van der Waals surface area contributed by atoms with Crippen LogP contribution in [0.15, 0.2) is 136 Å². The highest BCUT2D eigenvalue weighted by Crippen LogP contribution is 2.47. The van der Waals surface area contributed by atoms with Crippen LogP contribution in [0.3, 0.4) is 0 Å². The molecule has 2 fully saturated rings. The number of carbonyl (C=O) groups is 1. The van der Waals surface area contributed by atoms with E-state index >= 15 is 0 Å². The number of morpholine rings is 1. The van der Waals surface area contributed by atoms with E-state index < -0.39 is 78.4 Å². The van der Waals surface area contributed by atoms with Gasteiger partial charge >= 0.3 is 13.3 Å². The monoisotopic (exact) mass is 1210 g/mol. The van der Waals surface area contributed by atoms with E-state index in [-0.39, 0.29) is 17.5 Å². The molecule has 0 bridgehead atoms. The zero-order valence-electron chi connectivity index (χ0n) is 45.2. The normalized spacial score (nSPS) is 17.5. The maximum atomic E-state index is 14.5. The van der Waals surface area contributed by atoms with Crippen LogP contribution in [0.2, 0.25) is 5.02 Å². The van der Waals surface area contributed by atoms with Crippen molar-refractivity contribution in [1.29, 1.82) is 0 Å². The Hall–Kier alpha value is -4.55. The van der Waals surface area contributed by atoms with Gasteiger partial charge in [0.25, 0.3) is 25.8 Å². The smallest absolute Gasteiger partial charge is 0.380 e. The number of phosphoric ester groups is 1. The number of anilines is 2. The van der Waals surface area contributed by atoms with Crippen LogP contribution >= 0.6 is 31.2 Å². The third kappa shape index (κ3) is 16.8. The third-order valence-corrected chi connectivity index (χ3v) is 19.0. The number of piperidine rings is 1. The number of sulfonamides is 1. The summed E-state index contributed by atoms with van der Waals surface area (Å²) >= 11 is 7.66. The summed E-state index contributed by atoms with van der Waals surface area (Å²) in [6, 6.07) is 32.1. The molecule has 2 aliphatic heterocycles. The first kappa shape index (κ1) is 63.0. The van der Waals surface area contributed by atoms with E-state index in [2.05, 4.69) is 33.9 Å². The number of nitrogens with zero attached hydrogens (tertiary/aromatic N) is 3. The zero-order valence-corrected chi connectivity index (χ0v) is 49.3. The van der Waals surface area contributed by atoms with Gasteiger partial charge in [-0.25, -0.2) is 26.1 Å². The van der Waals surface area contributed by atoms with Crippen molar-refractivity contribution in [3.63, 3.8) is 0 Å². The van der Waals surface area contributed by atoms with Crippen molar-refractivity contribution >= 4 is 68.3 Å². The Morgan fingerprint density at radius 2 is 1.54 bits per heavy atom. The summed E-state index contributed by atoms with van der Waals surface area (Å²) < 4.78 is 130. The largest absolute Gasteiger partial charge is 0.501 e. The second-order valence-electron chi connectivity index (χ2n) is 20.9. The molecule has 0 aromatic heterocycles. The molecule has 24 heteroatoms. The van der Waals surface area contributed by atoms with E-state index in [4.69, 9.17) is 25.6 Å². The molecule has 5 aromatic rings. The van der Waals surface area contributed by atoms with Crippen LogP contribution in [0.5, 0.6) is 0 Å². The fraction of sp³-hybridized carbons (Fsp3) is 0.446. The molecule has 0 aliphatic carbocycles. The second-order valence-corrected chi connectivity index (χ2v) is 27.2. The molecule has 80 heavy (non-hydrogen) atoms. The summed E-state index contributed by atoms with van der Waals surface area (Å²) in [5.41, 5.74) is -4.03. The minimum Gasteiger partial charge on any atom is -0.380 e. The third-order valence-electron chi connectivity index (χ3n) is 14.2. The molecule has 436 valence electrons. The number of halogens is 4. The van der Waals surface area contributed by atoms with Crippen LogP contribution in [-0.2, 0) is 38.4 Å². The minimum atomic E-state index is -6.15. The van der Waals surface area contributed by atoms with Gasteiger partial charge in [0, 0.05) is 77.1 Å². The number of benzene rings is 5. The molecule has 2 saturated heterocycles. The fourth-order valence-electron chi connectivity index (χ4n) is 9.76. The van der Waals surface area contributed by atoms with E-state index in [0.29, 0.717) is 81.2 Å². The second kappa shape index (κ2) is 27.2. The predicted octanol–water partition coefficient (Wildman–Crippen LogP) is 10.9. The molecule has 0 spiro atoms. The van der Waals surface area contributed by atoms with Crippen molar-refractivity contribution in [2.45, 2.75) is 98.6 Å². The Morgan fingerprint density at radius 1 is 0.887 bits per heavy atom. The topological polar surface area (TPSA) is 204 Å². The lowest BCUT2D eigenvalue weighted by Gasteiger charge is -2.41. The van der Waals surface area contributed by atoms with Crippen molar-refractivity contribution in [2.75, 3.05) is 75.0 Å². The van der Waals surface area contributed by atoms with Gasteiger partial charge in [0.05, 0.1) is 29.9 Å². The maximum Gasteiger partial charge on any atom is 0.501 e. The van der Waals surface area contributed by atoms with Crippen LogP contribution in [0.4, 0.5) is 24.5 Å². The number of carbonyl (C=O) groups excluding carboxylic acids is 1. The van der Waals surface area contributed by atoms with E-state index in [1.54, 1.807) is 45.0 Å². The molecule has 16 nitrogen and oxygen atoms in total. The highest BCUT2D eigenvalue weighted by atomic mass is 35.5. The Kier molecular flexibility index (Phi) is 21.5. The number of hydrogen-bond donors (Lipinski definition) is 4. The fourth-order valence-corrected chi connectivity index (χ4v) is 13.5. The number of likely N-dealkylation sites (N-methyl/N-ethyl adjacent to an activating group) is 1. The summed E-state index contributed by atoms with van der Waals surface area (Å²) in [5, 5.41) is 3.59. The summed E-state index contributed by atoms with van der Waals surface area (Å²) in [7, 11) is -16.1. The van der Waals surface area contributed by atoms with Crippen LogP contribution in [-0.4, -0.2) is 131 Å². The highest BCUT2D eigenvalue weighted by Gasteiger charge is 2.49. The Bertz CT molecular complexity index is 3130. The van der Waals surface area contributed by atoms with E-state index in [0.717, 1.165) is 53.4 Å². The molecular formula is C56H70ClF3N5O11PS3. The lowest BCUT2D eigenvalue weighted by atomic mass is 9.83. The van der Waals surface area contributed by atoms with E-state index in [1.165, 1.54) is 23.9 Å². The van der Waals surface area contributed by atoms with Crippen LogP contribution < -0.4 is 14.9 Å². The molecule has 5 aromatic carbocycles. The zero-order chi connectivity index (χ0) is 58.0. The van der Waals surface area contributed by atoms with Crippen molar-refractivity contribution in [1.82, 2.24) is 14.5 Å². The Labute approximate surface area is 476 Å². The van der Waals surface area contributed by atoms with Crippen LogP contribution in [0, 0.1) is 11.3 Å². The van der Waals surface area contributed by atoms with Gasteiger partial charge in [-0.1, -0.05) is 101 Å². The number of thioether (sulfide) groups is 1. The number of nitrogens with one attached hydrogen (secondary N) is 2. The quantitative estimate of drug-likeness (QED) is 0.0258. The SMILES string of the molecule is CCN(CC)CC1COCCN1CCC(CSc1ccccc1)Nc1ccc(S(=O)(=O)NC(=O)c2ccc(N3CCC([C@@H](OC(OP(=O)(O)O)C(C)(C)C)c4ccccc4-c4ccc(Cl)cc4)CC3)cc2)cc1S(=O)(=O)C(F)(F)F. The van der Waals surface area contributed by atoms with Crippen molar-refractivity contribution in [3.05, 3.63) is 137 Å². The summed E-state index contributed by atoms with van der Waals surface area (Å²) in [4.78, 5) is 38.7. The molecular weight excluding hydrogens is 1140 g/mol. The Morgan fingerprint density at radius 3 is 2.16 bits per heavy atom. The molecule has 4 N–H and O–H groups in total. The average molecular weight is 1210 g/mol. The summed E-state index contributed by atoms with van der Waals surface area (Å²) in [6.45, 7) is 15.0. The van der Waals surface area contributed by atoms with Gasteiger partial charge in [0.2, 0.25) is 0 Å². The van der Waals surface area contributed by atoms with Crippen LogP contribution in [0.25, 0.3) is 11.1 Å². The van der Waals surface area contributed by atoms with Gasteiger partial charge in [-0.2, -0.15) is 13.2 Å². The predicted molar refractivity (Wildman–Crippen MR) is 306 cm³/mol. The molecule has 0 radical (unpaired) electrons. The van der Waals surface area contributed by atoms with Gasteiger partial charge in [-0.15, -0.1) is 11.8 Å². The number of rotatable bonds is 24. The molecule has 4 atom stereocenters. The summed E-state index contributed by atoms with van der Waals surface area (Å²) in [5.74, 6) is -0.960. The standard InChI is InChI=1S/C56H70ClF3N5O11PS3/c1-6-63(7-2)36-45-37-74-34-33-65(45)32-29-43(38-78-46-13-9-8-10-14-46)61-50-26-25-47(35-51(50)79(70,71)56(58,59)60)80(72,73)62-53(66)41-19-23-44(24-20-41)64-30-27-40(28-31-64)52(75-54(55(3,4)5)76-77(67,68)69)49-16-12-11-15-48(49)39-17-21-42(57)22-18-39/h8-26,35,40,43,45,52,54,61H,6-7,27-34,36-38H2,1-5H3,(H,62,66)(H2,67,68,69)/t43?,45?,52-,54?/m1/s1. The Balaban J connectivity index is 1.07. The first-order valence-electron chi connectivity index (χ1n) is 26.4. The van der Waals surface area contributed by atoms with Gasteiger partial charge in [0.1, 0.15) is 4.90 Å². The number of alkyl halides is 3. The van der Waals surface area contributed by atoms with Gasteiger partial charge in [-0.3, -0.25) is 14.2 Å².